The number of amides is 3. The molecule has 2 aliphatic rings. The molecule has 0 radical (unpaired) electrons. The molecule has 0 fully saturated rings. The number of rotatable bonds is 5. The van der Waals surface area contributed by atoms with Gasteiger partial charge in [-0.3, -0.25) is 14.4 Å². The summed E-state index contributed by atoms with van der Waals surface area (Å²) in [6.07, 6.45) is 1.11. The lowest BCUT2D eigenvalue weighted by Gasteiger charge is -2.26. The average Bonchev–Trinajstić information content (AvgIpc) is 3.08. The van der Waals surface area contributed by atoms with Crippen molar-refractivity contribution in [2.75, 3.05) is 42.3 Å². The van der Waals surface area contributed by atoms with Crippen LogP contribution < -0.4 is 20.4 Å². The van der Waals surface area contributed by atoms with Gasteiger partial charge in [0.15, 0.2) is 0 Å². The molecule has 0 saturated carbocycles. The van der Waals surface area contributed by atoms with Crippen molar-refractivity contribution >= 4 is 34.8 Å². The van der Waals surface area contributed by atoms with Crippen LogP contribution in [0.2, 0.25) is 0 Å². The zero-order valence-electron chi connectivity index (χ0n) is 17.6. The SMILES string of the molecule is CN(C)c1ccc(C(O)CNC(=O)C(=O)Nc2cc3c4c(c2)CC(=O)N4CCC3)cc1. The van der Waals surface area contributed by atoms with E-state index in [2.05, 4.69) is 10.6 Å². The van der Waals surface area contributed by atoms with Crippen LogP contribution in [0.15, 0.2) is 36.4 Å². The zero-order valence-corrected chi connectivity index (χ0v) is 17.6. The molecule has 2 aromatic carbocycles. The van der Waals surface area contributed by atoms with Crippen LogP contribution in [0, 0.1) is 0 Å². The van der Waals surface area contributed by atoms with Crippen molar-refractivity contribution in [1.82, 2.24) is 5.32 Å². The van der Waals surface area contributed by atoms with Crippen molar-refractivity contribution < 1.29 is 19.5 Å². The van der Waals surface area contributed by atoms with Crippen LogP contribution in [0.4, 0.5) is 17.1 Å². The molecule has 2 aromatic rings. The molecule has 8 nitrogen and oxygen atoms in total. The number of nitrogens with one attached hydrogen (secondary N) is 2. The van der Waals surface area contributed by atoms with Gasteiger partial charge in [-0.2, -0.15) is 0 Å². The molecule has 1 atom stereocenters. The summed E-state index contributed by atoms with van der Waals surface area (Å²) in [5.41, 5.74) is 5.01. The highest BCUT2D eigenvalue weighted by molar-refractivity contribution is 6.39. The summed E-state index contributed by atoms with van der Waals surface area (Å²) in [6.45, 7) is 0.652. The van der Waals surface area contributed by atoms with Gasteiger partial charge in [0.1, 0.15) is 0 Å². The first-order valence-corrected chi connectivity index (χ1v) is 10.3. The largest absolute Gasteiger partial charge is 0.387 e. The van der Waals surface area contributed by atoms with Crippen molar-refractivity contribution in [3.63, 3.8) is 0 Å². The Balaban J connectivity index is 1.36. The summed E-state index contributed by atoms with van der Waals surface area (Å²) in [5, 5.41) is 15.4. The molecule has 0 spiro atoms. The molecule has 3 amide bonds. The van der Waals surface area contributed by atoms with Gasteiger partial charge in [-0.1, -0.05) is 12.1 Å². The van der Waals surface area contributed by atoms with Crippen LogP contribution in [-0.4, -0.2) is 50.0 Å². The summed E-state index contributed by atoms with van der Waals surface area (Å²) in [6, 6.07) is 10.9. The molecule has 2 aliphatic heterocycles. The first-order valence-electron chi connectivity index (χ1n) is 10.3. The number of benzene rings is 2. The van der Waals surface area contributed by atoms with Gasteiger partial charge in [0, 0.05) is 38.6 Å². The van der Waals surface area contributed by atoms with Gasteiger partial charge in [0.25, 0.3) is 0 Å². The Morgan fingerprint density at radius 1 is 1.13 bits per heavy atom. The standard InChI is InChI=1S/C23H26N4O4/c1-26(2)18-7-5-14(6-8-18)19(28)13-24-22(30)23(31)25-17-10-15-4-3-9-27-20(29)12-16(11-17)21(15)27/h5-8,10-11,19,28H,3-4,9,12-13H2,1-2H3,(H,24,30)(H,25,31). The number of aryl methyl sites for hydroxylation is 1. The van der Waals surface area contributed by atoms with Crippen LogP contribution >= 0.6 is 0 Å². The smallest absolute Gasteiger partial charge is 0.313 e. The Bertz CT molecular complexity index is 1030. The van der Waals surface area contributed by atoms with Crippen molar-refractivity contribution in [1.29, 1.82) is 0 Å². The molecule has 0 bridgehead atoms. The van der Waals surface area contributed by atoms with Crippen LogP contribution in [0.5, 0.6) is 0 Å². The number of anilines is 3. The lowest BCUT2D eigenvalue weighted by Crippen LogP contribution is -2.37. The number of nitrogens with zero attached hydrogens (tertiary/aromatic N) is 2. The lowest BCUT2D eigenvalue weighted by atomic mass is 9.99. The van der Waals surface area contributed by atoms with E-state index >= 15 is 0 Å². The van der Waals surface area contributed by atoms with Crippen LogP contribution in [0.1, 0.15) is 29.2 Å². The van der Waals surface area contributed by atoms with Crippen LogP contribution in [0.25, 0.3) is 0 Å². The first-order chi connectivity index (χ1) is 14.8. The van der Waals surface area contributed by atoms with Crippen LogP contribution in [-0.2, 0) is 27.2 Å². The predicted molar refractivity (Wildman–Crippen MR) is 118 cm³/mol. The Kier molecular flexibility index (Phi) is 5.65. The summed E-state index contributed by atoms with van der Waals surface area (Å²) in [4.78, 5) is 40.5. The maximum Gasteiger partial charge on any atom is 0.313 e. The van der Waals surface area contributed by atoms with E-state index in [0.29, 0.717) is 17.7 Å². The molecule has 4 rings (SSSR count). The highest BCUT2D eigenvalue weighted by Crippen LogP contribution is 2.38. The normalized spacial score (nSPS) is 15.3. The average molecular weight is 422 g/mol. The highest BCUT2D eigenvalue weighted by Gasteiger charge is 2.32. The first kappa shape index (κ1) is 20.9. The molecular weight excluding hydrogens is 396 g/mol. The Morgan fingerprint density at radius 2 is 1.84 bits per heavy atom. The molecule has 0 saturated heterocycles. The summed E-state index contributed by atoms with van der Waals surface area (Å²) in [5.74, 6) is -1.56. The lowest BCUT2D eigenvalue weighted by molar-refractivity contribution is -0.136. The van der Waals surface area contributed by atoms with Crippen molar-refractivity contribution in [3.05, 3.63) is 53.1 Å². The van der Waals surface area contributed by atoms with Crippen molar-refractivity contribution in [3.8, 4) is 0 Å². The molecular formula is C23H26N4O4. The second-order valence-corrected chi connectivity index (χ2v) is 8.13. The Labute approximate surface area is 180 Å². The van der Waals surface area contributed by atoms with E-state index in [1.54, 1.807) is 23.1 Å². The predicted octanol–water partition coefficient (Wildman–Crippen LogP) is 1.38. The minimum Gasteiger partial charge on any atom is -0.387 e. The van der Waals surface area contributed by atoms with Gasteiger partial charge in [0.2, 0.25) is 5.91 Å². The van der Waals surface area contributed by atoms with Crippen molar-refractivity contribution in [2.24, 2.45) is 0 Å². The number of carbonyl (C=O) groups excluding carboxylic acids is 3. The van der Waals surface area contributed by atoms with Gasteiger partial charge in [-0.05, 0) is 53.8 Å². The fourth-order valence-corrected chi connectivity index (χ4v) is 4.12. The molecule has 162 valence electrons. The van der Waals surface area contributed by atoms with E-state index in [-0.39, 0.29) is 12.5 Å². The number of hydrogen-bond donors (Lipinski definition) is 3. The third-order valence-corrected chi connectivity index (χ3v) is 5.72. The molecule has 0 aromatic heterocycles. The van der Waals surface area contributed by atoms with Gasteiger partial charge in [-0.25, -0.2) is 0 Å². The Hall–Kier alpha value is -3.39. The van der Waals surface area contributed by atoms with E-state index < -0.39 is 17.9 Å². The minimum absolute atomic E-state index is 0.0739. The van der Waals surface area contributed by atoms with Gasteiger partial charge < -0.3 is 25.5 Å². The quantitative estimate of drug-likeness (QED) is 0.632. The maximum absolute atomic E-state index is 12.3. The van der Waals surface area contributed by atoms with Gasteiger partial charge in [0.05, 0.1) is 18.2 Å². The van der Waals surface area contributed by atoms with E-state index in [4.69, 9.17) is 0 Å². The third kappa shape index (κ3) is 4.25. The number of aliphatic hydroxyl groups excluding tert-OH is 1. The third-order valence-electron chi connectivity index (χ3n) is 5.72. The van der Waals surface area contributed by atoms with Crippen molar-refractivity contribution in [2.45, 2.75) is 25.4 Å². The monoisotopic (exact) mass is 422 g/mol. The van der Waals surface area contributed by atoms with E-state index in [1.807, 2.05) is 37.2 Å². The summed E-state index contributed by atoms with van der Waals surface area (Å²) in [7, 11) is 3.85. The van der Waals surface area contributed by atoms with E-state index in [9.17, 15) is 19.5 Å². The zero-order chi connectivity index (χ0) is 22.1. The topological polar surface area (TPSA) is 102 Å². The molecule has 2 heterocycles. The summed E-state index contributed by atoms with van der Waals surface area (Å²) >= 11 is 0. The maximum atomic E-state index is 12.3. The van der Waals surface area contributed by atoms with Crippen LogP contribution in [0.3, 0.4) is 0 Å². The fraction of sp³-hybridized carbons (Fsp3) is 0.348. The van der Waals surface area contributed by atoms with Gasteiger partial charge >= 0.3 is 11.8 Å². The molecule has 8 heteroatoms. The highest BCUT2D eigenvalue weighted by atomic mass is 16.3. The fourth-order valence-electron chi connectivity index (χ4n) is 4.12. The van der Waals surface area contributed by atoms with E-state index in [1.165, 1.54) is 0 Å². The Morgan fingerprint density at radius 3 is 2.55 bits per heavy atom. The van der Waals surface area contributed by atoms with Gasteiger partial charge in [-0.15, -0.1) is 0 Å². The molecule has 0 aliphatic carbocycles. The molecule has 31 heavy (non-hydrogen) atoms. The second-order valence-electron chi connectivity index (χ2n) is 8.13. The summed E-state index contributed by atoms with van der Waals surface area (Å²) < 4.78 is 0. The van der Waals surface area contributed by atoms with E-state index in [0.717, 1.165) is 41.9 Å². The second kappa shape index (κ2) is 8.39. The molecule has 1 unspecified atom stereocenters. The number of carbonyl (C=O) groups is 3. The molecule has 3 N–H and O–H groups in total. The number of aliphatic hydroxyl groups is 1. The number of hydrogen-bond acceptors (Lipinski definition) is 5. The minimum atomic E-state index is -0.922.